The van der Waals surface area contributed by atoms with Crippen molar-refractivity contribution < 1.29 is 18.8 Å². The Labute approximate surface area is 109 Å². The SMILES string of the molecule is Cc1ccc(C(=O)N[C@@H]2CCC(=O)NC2=O)c(F)c1. The molecule has 1 aromatic carbocycles. The van der Waals surface area contributed by atoms with E-state index in [9.17, 15) is 18.8 Å². The van der Waals surface area contributed by atoms with Gasteiger partial charge in [-0.25, -0.2) is 4.39 Å². The molecule has 2 rings (SSSR count). The maximum Gasteiger partial charge on any atom is 0.254 e. The lowest BCUT2D eigenvalue weighted by Crippen LogP contribution is -2.52. The lowest BCUT2D eigenvalue weighted by atomic mass is 10.0. The standard InChI is InChI=1S/C13H13FN2O3/c1-7-2-3-8(9(14)6-7)12(18)15-10-4-5-11(17)16-13(10)19/h2-3,6,10H,4-5H2,1H3,(H,15,18)(H,16,17,19)/t10-/m1/s1. The molecule has 5 nitrogen and oxygen atoms in total. The zero-order valence-corrected chi connectivity index (χ0v) is 10.3. The van der Waals surface area contributed by atoms with Crippen LogP contribution in [0.15, 0.2) is 18.2 Å². The number of hydrogen-bond acceptors (Lipinski definition) is 3. The van der Waals surface area contributed by atoms with Gasteiger partial charge in [-0.15, -0.1) is 0 Å². The van der Waals surface area contributed by atoms with Crippen LogP contribution in [0.25, 0.3) is 0 Å². The summed E-state index contributed by atoms with van der Waals surface area (Å²) < 4.78 is 13.6. The van der Waals surface area contributed by atoms with E-state index in [1.807, 2.05) is 0 Å². The highest BCUT2D eigenvalue weighted by atomic mass is 19.1. The maximum atomic E-state index is 13.6. The highest BCUT2D eigenvalue weighted by Gasteiger charge is 2.28. The lowest BCUT2D eigenvalue weighted by molar-refractivity contribution is -0.134. The molecule has 2 N–H and O–H groups in total. The Morgan fingerprint density at radius 2 is 2.16 bits per heavy atom. The molecule has 0 unspecified atom stereocenters. The Morgan fingerprint density at radius 1 is 1.42 bits per heavy atom. The van der Waals surface area contributed by atoms with Gasteiger partial charge in [0.1, 0.15) is 11.9 Å². The van der Waals surface area contributed by atoms with Crippen LogP contribution in [0.5, 0.6) is 0 Å². The van der Waals surface area contributed by atoms with Crippen molar-refractivity contribution in [2.45, 2.75) is 25.8 Å². The molecule has 0 saturated carbocycles. The van der Waals surface area contributed by atoms with Gasteiger partial charge >= 0.3 is 0 Å². The van der Waals surface area contributed by atoms with Gasteiger partial charge < -0.3 is 5.32 Å². The average Bonchev–Trinajstić information content (AvgIpc) is 2.32. The number of piperidine rings is 1. The van der Waals surface area contributed by atoms with Gasteiger partial charge in [-0.3, -0.25) is 19.7 Å². The van der Waals surface area contributed by atoms with E-state index in [0.29, 0.717) is 5.56 Å². The Balaban J connectivity index is 2.09. The fourth-order valence-corrected chi connectivity index (χ4v) is 1.87. The molecule has 19 heavy (non-hydrogen) atoms. The second-order valence-corrected chi connectivity index (χ2v) is 4.46. The molecule has 1 aliphatic rings. The topological polar surface area (TPSA) is 75.3 Å². The number of benzene rings is 1. The zero-order chi connectivity index (χ0) is 14.0. The number of nitrogens with one attached hydrogen (secondary N) is 2. The number of amides is 3. The van der Waals surface area contributed by atoms with Crippen molar-refractivity contribution in [1.82, 2.24) is 10.6 Å². The second kappa shape index (κ2) is 5.17. The summed E-state index contributed by atoms with van der Waals surface area (Å²) in [6.07, 6.45) is 0.386. The third-order valence-corrected chi connectivity index (χ3v) is 2.91. The Morgan fingerprint density at radius 3 is 2.79 bits per heavy atom. The maximum absolute atomic E-state index is 13.6. The highest BCUT2D eigenvalue weighted by Crippen LogP contribution is 2.11. The van der Waals surface area contributed by atoms with E-state index in [1.165, 1.54) is 12.1 Å². The molecule has 3 amide bonds. The number of imide groups is 1. The van der Waals surface area contributed by atoms with Crippen LogP contribution in [-0.4, -0.2) is 23.8 Å². The number of carbonyl (C=O) groups is 3. The Kier molecular flexibility index (Phi) is 3.59. The first kappa shape index (κ1) is 13.2. The first-order valence-corrected chi connectivity index (χ1v) is 5.88. The largest absolute Gasteiger partial charge is 0.340 e. The molecule has 0 spiro atoms. The van der Waals surface area contributed by atoms with Crippen molar-refractivity contribution in [2.75, 3.05) is 0 Å². The first-order valence-electron chi connectivity index (χ1n) is 5.88. The van der Waals surface area contributed by atoms with Crippen molar-refractivity contribution >= 4 is 17.7 Å². The van der Waals surface area contributed by atoms with E-state index in [0.717, 1.165) is 0 Å². The third kappa shape index (κ3) is 2.96. The first-order chi connectivity index (χ1) is 8.97. The smallest absolute Gasteiger partial charge is 0.254 e. The van der Waals surface area contributed by atoms with Crippen LogP contribution in [0.2, 0.25) is 0 Å². The summed E-state index contributed by atoms with van der Waals surface area (Å²) >= 11 is 0. The lowest BCUT2D eigenvalue weighted by Gasteiger charge is -2.21. The second-order valence-electron chi connectivity index (χ2n) is 4.46. The van der Waals surface area contributed by atoms with Gasteiger partial charge in [-0.05, 0) is 31.0 Å². The molecular weight excluding hydrogens is 251 g/mol. The van der Waals surface area contributed by atoms with Crippen molar-refractivity contribution in [3.63, 3.8) is 0 Å². The molecule has 100 valence electrons. The fraction of sp³-hybridized carbons (Fsp3) is 0.308. The number of halogens is 1. The molecule has 0 radical (unpaired) electrons. The van der Waals surface area contributed by atoms with Gasteiger partial charge in [-0.2, -0.15) is 0 Å². The van der Waals surface area contributed by atoms with Crippen LogP contribution in [-0.2, 0) is 9.59 Å². The van der Waals surface area contributed by atoms with Crippen molar-refractivity contribution in [3.8, 4) is 0 Å². The van der Waals surface area contributed by atoms with Crippen LogP contribution < -0.4 is 10.6 Å². The summed E-state index contributed by atoms with van der Waals surface area (Å²) in [4.78, 5) is 34.3. The molecule has 0 bridgehead atoms. The third-order valence-electron chi connectivity index (χ3n) is 2.91. The molecule has 1 heterocycles. The molecule has 1 aliphatic heterocycles. The van der Waals surface area contributed by atoms with Crippen molar-refractivity contribution in [3.05, 3.63) is 35.1 Å². The van der Waals surface area contributed by atoms with E-state index < -0.39 is 23.7 Å². The van der Waals surface area contributed by atoms with Gasteiger partial charge in [0, 0.05) is 6.42 Å². The summed E-state index contributed by atoms with van der Waals surface area (Å²) in [7, 11) is 0. The predicted octanol–water partition coefficient (Wildman–Crippen LogP) is 0.669. The number of rotatable bonds is 2. The Bertz CT molecular complexity index is 557. The Hall–Kier alpha value is -2.24. The van der Waals surface area contributed by atoms with Crippen LogP contribution >= 0.6 is 0 Å². The minimum atomic E-state index is -0.800. The number of hydrogen-bond donors (Lipinski definition) is 2. The predicted molar refractivity (Wildman–Crippen MR) is 64.8 cm³/mol. The van der Waals surface area contributed by atoms with Crippen LogP contribution in [0.1, 0.15) is 28.8 Å². The molecule has 1 fully saturated rings. The van der Waals surface area contributed by atoms with Crippen LogP contribution in [0, 0.1) is 12.7 Å². The summed E-state index contributed by atoms with van der Waals surface area (Å²) in [6.45, 7) is 1.71. The normalized spacial score (nSPS) is 18.9. The van der Waals surface area contributed by atoms with Crippen molar-refractivity contribution in [1.29, 1.82) is 0 Å². The van der Waals surface area contributed by atoms with Gasteiger partial charge in [0.05, 0.1) is 5.56 Å². The van der Waals surface area contributed by atoms with E-state index >= 15 is 0 Å². The van der Waals surface area contributed by atoms with E-state index in [-0.39, 0.29) is 24.3 Å². The quantitative estimate of drug-likeness (QED) is 0.771. The molecule has 6 heteroatoms. The molecular formula is C13H13FN2O3. The summed E-state index contributed by atoms with van der Waals surface area (Å²) in [5, 5.41) is 4.55. The van der Waals surface area contributed by atoms with Crippen LogP contribution in [0.3, 0.4) is 0 Å². The van der Waals surface area contributed by atoms with Gasteiger partial charge in [0.2, 0.25) is 11.8 Å². The van der Waals surface area contributed by atoms with E-state index in [1.54, 1.807) is 13.0 Å². The molecule has 0 aliphatic carbocycles. The summed E-state index contributed by atoms with van der Waals surface area (Å²) in [6, 6.07) is 3.43. The monoisotopic (exact) mass is 264 g/mol. The highest BCUT2D eigenvalue weighted by molar-refractivity contribution is 6.03. The fourth-order valence-electron chi connectivity index (χ4n) is 1.87. The zero-order valence-electron chi connectivity index (χ0n) is 10.3. The average molecular weight is 264 g/mol. The summed E-state index contributed by atoms with van der Waals surface area (Å²) in [5.41, 5.74) is 0.588. The van der Waals surface area contributed by atoms with E-state index in [2.05, 4.69) is 10.6 Å². The minimum absolute atomic E-state index is 0.115. The molecule has 1 aromatic rings. The molecule has 1 saturated heterocycles. The molecule has 1 atom stereocenters. The van der Waals surface area contributed by atoms with Crippen LogP contribution in [0.4, 0.5) is 4.39 Å². The number of carbonyl (C=O) groups excluding carboxylic acids is 3. The van der Waals surface area contributed by atoms with Gasteiger partial charge in [0.25, 0.3) is 5.91 Å². The van der Waals surface area contributed by atoms with E-state index in [4.69, 9.17) is 0 Å². The molecule has 0 aromatic heterocycles. The summed E-state index contributed by atoms with van der Waals surface area (Å²) in [5.74, 6) is -2.22. The van der Waals surface area contributed by atoms with Gasteiger partial charge in [0.15, 0.2) is 0 Å². The number of aryl methyl sites for hydroxylation is 1. The van der Waals surface area contributed by atoms with Crippen molar-refractivity contribution in [2.24, 2.45) is 0 Å². The minimum Gasteiger partial charge on any atom is -0.340 e. The van der Waals surface area contributed by atoms with Gasteiger partial charge in [-0.1, -0.05) is 6.07 Å².